The third-order valence-electron chi connectivity index (χ3n) is 5.27. The van der Waals surface area contributed by atoms with Crippen molar-refractivity contribution in [3.8, 4) is 33.9 Å². The van der Waals surface area contributed by atoms with Gasteiger partial charge < -0.3 is 19.7 Å². The molecule has 0 fully saturated rings. The van der Waals surface area contributed by atoms with Crippen molar-refractivity contribution in [2.24, 2.45) is 0 Å². The summed E-state index contributed by atoms with van der Waals surface area (Å²) in [7, 11) is 1.44. The highest BCUT2D eigenvalue weighted by molar-refractivity contribution is 6.09. The number of nitrogens with zero attached hydrogens (tertiary/aromatic N) is 2. The lowest BCUT2D eigenvalue weighted by Crippen LogP contribution is -2.21. The molecule has 0 spiro atoms. The Bertz CT molecular complexity index is 1290. The number of ether oxygens (including phenoxy) is 2. The van der Waals surface area contributed by atoms with Crippen molar-refractivity contribution in [1.82, 2.24) is 15.4 Å². The average Bonchev–Trinajstić information content (AvgIpc) is 2.90. The molecule has 0 radical (unpaired) electrons. The minimum Gasteiger partial charge on any atom is -0.494 e. The van der Waals surface area contributed by atoms with Gasteiger partial charge in [0.1, 0.15) is 24.2 Å². The first-order valence-corrected chi connectivity index (χ1v) is 10.4. The topological polar surface area (TPSA) is 134 Å². The normalized spacial score (nSPS) is 11.8. The van der Waals surface area contributed by atoms with Crippen LogP contribution in [0.4, 0.5) is 0 Å². The van der Waals surface area contributed by atoms with Gasteiger partial charge in [-0.2, -0.15) is 0 Å². The van der Waals surface area contributed by atoms with Crippen LogP contribution in [0.25, 0.3) is 33.3 Å². The quantitative estimate of drug-likeness (QED) is 0.232. The van der Waals surface area contributed by atoms with E-state index in [1.54, 1.807) is 29.9 Å². The Hall–Kier alpha value is -4.05. The Kier molecular flexibility index (Phi) is 6.98. The van der Waals surface area contributed by atoms with Crippen molar-refractivity contribution in [3.63, 3.8) is 0 Å². The number of pyridine rings is 2. The van der Waals surface area contributed by atoms with Crippen LogP contribution in [0.15, 0.2) is 67.0 Å². The second-order valence-corrected chi connectivity index (χ2v) is 7.45. The lowest BCUT2D eigenvalue weighted by Gasteiger charge is -2.15. The first-order valence-electron chi connectivity index (χ1n) is 10.4. The molecule has 4 rings (SSSR count). The third kappa shape index (κ3) is 4.67. The molecule has 1 amide bonds. The van der Waals surface area contributed by atoms with Gasteiger partial charge in [0.05, 0.1) is 24.8 Å². The molecular weight excluding hydrogens is 438 g/mol. The predicted molar refractivity (Wildman–Crippen MR) is 125 cm³/mol. The van der Waals surface area contributed by atoms with E-state index in [2.05, 4.69) is 9.97 Å². The molecule has 174 valence electrons. The molecule has 0 saturated carbocycles. The number of aromatic nitrogens is 2. The molecule has 9 heteroatoms. The van der Waals surface area contributed by atoms with E-state index in [1.165, 1.54) is 13.3 Å². The molecule has 1 atom stereocenters. The number of nitrogens with one attached hydrogen (secondary N) is 1. The smallest absolute Gasteiger partial charge is 0.279 e. The van der Waals surface area contributed by atoms with Crippen LogP contribution in [0.5, 0.6) is 11.5 Å². The van der Waals surface area contributed by atoms with Crippen molar-refractivity contribution in [1.29, 1.82) is 0 Å². The van der Waals surface area contributed by atoms with E-state index in [4.69, 9.17) is 14.6 Å². The molecule has 0 bridgehead atoms. The van der Waals surface area contributed by atoms with Crippen molar-refractivity contribution in [2.75, 3.05) is 20.3 Å². The second-order valence-electron chi connectivity index (χ2n) is 7.45. The molecule has 2 heterocycles. The molecule has 2 aromatic heterocycles. The van der Waals surface area contributed by atoms with Gasteiger partial charge in [0.2, 0.25) is 0 Å². The Balaban J connectivity index is 1.67. The molecule has 1 unspecified atom stereocenters. The number of hydroxylamine groups is 1. The van der Waals surface area contributed by atoms with E-state index >= 15 is 0 Å². The molecule has 0 saturated heterocycles. The number of amides is 1. The van der Waals surface area contributed by atoms with Gasteiger partial charge in [-0.1, -0.05) is 36.4 Å². The summed E-state index contributed by atoms with van der Waals surface area (Å²) in [4.78, 5) is 21.1. The van der Waals surface area contributed by atoms with Crippen molar-refractivity contribution < 1.29 is 29.7 Å². The van der Waals surface area contributed by atoms with Crippen molar-refractivity contribution in [2.45, 2.75) is 6.10 Å². The Labute approximate surface area is 195 Å². The maximum atomic E-state index is 12.4. The number of rotatable bonds is 8. The molecule has 4 aromatic rings. The second kappa shape index (κ2) is 10.3. The summed E-state index contributed by atoms with van der Waals surface area (Å²) < 4.78 is 11.0. The minimum atomic E-state index is -0.923. The standard InChI is InChI=1S/C25H23N3O6/c1-33-24-22(25(31)28-32)20-12-26-11-10-21(20)27-23(24)17-4-2-15(3-5-17)16-6-8-19(9-7-16)34-14-18(30)13-29/h2-12,18,29-30,32H,13-14H2,1H3,(H,28,31). The Morgan fingerprint density at radius 3 is 2.29 bits per heavy atom. The molecule has 2 aromatic carbocycles. The van der Waals surface area contributed by atoms with Gasteiger partial charge in [0.15, 0.2) is 5.75 Å². The number of hydrogen-bond donors (Lipinski definition) is 4. The van der Waals surface area contributed by atoms with Crippen molar-refractivity contribution in [3.05, 3.63) is 72.6 Å². The van der Waals surface area contributed by atoms with E-state index in [-0.39, 0.29) is 24.5 Å². The summed E-state index contributed by atoms with van der Waals surface area (Å²) in [6, 6.07) is 16.6. The lowest BCUT2D eigenvalue weighted by molar-refractivity contribution is 0.0536. The van der Waals surface area contributed by atoms with Gasteiger partial charge in [-0.05, 0) is 29.3 Å². The zero-order valence-corrected chi connectivity index (χ0v) is 18.3. The van der Waals surface area contributed by atoms with Crippen molar-refractivity contribution >= 4 is 16.8 Å². The van der Waals surface area contributed by atoms with Crippen LogP contribution in [-0.4, -0.2) is 57.7 Å². The highest BCUT2D eigenvalue weighted by Crippen LogP contribution is 2.36. The number of carbonyl (C=O) groups excluding carboxylic acids is 1. The van der Waals surface area contributed by atoms with Crippen LogP contribution in [-0.2, 0) is 0 Å². The highest BCUT2D eigenvalue weighted by Gasteiger charge is 2.22. The fraction of sp³-hybridized carbons (Fsp3) is 0.160. The molecule has 0 aliphatic rings. The molecule has 0 aliphatic heterocycles. The van der Waals surface area contributed by atoms with E-state index in [0.29, 0.717) is 22.3 Å². The van der Waals surface area contributed by atoms with Crippen LogP contribution >= 0.6 is 0 Å². The summed E-state index contributed by atoms with van der Waals surface area (Å²) in [6.07, 6.45) is 2.15. The summed E-state index contributed by atoms with van der Waals surface area (Å²) in [5.41, 5.74) is 5.43. The Morgan fingerprint density at radius 1 is 1.03 bits per heavy atom. The third-order valence-corrected chi connectivity index (χ3v) is 5.27. The number of hydrogen-bond acceptors (Lipinski definition) is 8. The van der Waals surface area contributed by atoms with Gasteiger partial charge in [-0.15, -0.1) is 0 Å². The van der Waals surface area contributed by atoms with Crippen LogP contribution in [0.2, 0.25) is 0 Å². The first-order chi connectivity index (χ1) is 16.5. The van der Waals surface area contributed by atoms with Crippen LogP contribution in [0.3, 0.4) is 0 Å². The summed E-state index contributed by atoms with van der Waals surface area (Å²) in [5.74, 6) is 0.0949. The zero-order chi connectivity index (χ0) is 24.1. The summed E-state index contributed by atoms with van der Waals surface area (Å²) in [5, 5.41) is 28.0. The molecule has 34 heavy (non-hydrogen) atoms. The van der Waals surface area contributed by atoms with Gasteiger partial charge in [0.25, 0.3) is 5.91 Å². The van der Waals surface area contributed by atoms with Gasteiger partial charge in [-0.25, -0.2) is 10.5 Å². The number of carbonyl (C=O) groups is 1. The van der Waals surface area contributed by atoms with E-state index < -0.39 is 12.0 Å². The van der Waals surface area contributed by atoms with E-state index in [0.717, 1.165) is 16.7 Å². The molecule has 4 N–H and O–H groups in total. The highest BCUT2D eigenvalue weighted by atomic mass is 16.5. The monoisotopic (exact) mass is 461 g/mol. The maximum absolute atomic E-state index is 12.4. The summed E-state index contributed by atoms with van der Waals surface area (Å²) in [6.45, 7) is -0.345. The Morgan fingerprint density at radius 2 is 1.68 bits per heavy atom. The minimum absolute atomic E-state index is 0.0114. The first kappa shape index (κ1) is 23.1. The fourth-order valence-corrected chi connectivity index (χ4v) is 3.57. The number of aliphatic hydroxyl groups is 2. The zero-order valence-electron chi connectivity index (χ0n) is 18.3. The van der Waals surface area contributed by atoms with Crippen LogP contribution < -0.4 is 15.0 Å². The largest absolute Gasteiger partial charge is 0.494 e. The molecule has 9 nitrogen and oxygen atoms in total. The van der Waals surface area contributed by atoms with Crippen LogP contribution in [0.1, 0.15) is 10.4 Å². The number of aliphatic hydroxyl groups excluding tert-OH is 2. The molecule has 0 aliphatic carbocycles. The maximum Gasteiger partial charge on any atom is 0.279 e. The SMILES string of the molecule is COc1c(-c2ccc(-c3ccc(OCC(O)CO)cc3)cc2)nc2ccncc2c1C(=O)NO. The van der Waals surface area contributed by atoms with E-state index in [1.807, 2.05) is 36.4 Å². The van der Waals surface area contributed by atoms with Gasteiger partial charge in [-0.3, -0.25) is 15.0 Å². The number of benzene rings is 2. The summed E-state index contributed by atoms with van der Waals surface area (Å²) >= 11 is 0. The molecular formula is C25H23N3O6. The van der Waals surface area contributed by atoms with Gasteiger partial charge in [0, 0.05) is 23.3 Å². The fourth-order valence-electron chi connectivity index (χ4n) is 3.57. The number of fused-ring (bicyclic) bond motifs is 1. The van der Waals surface area contributed by atoms with Gasteiger partial charge >= 0.3 is 0 Å². The average molecular weight is 461 g/mol. The lowest BCUT2D eigenvalue weighted by atomic mass is 10.00. The van der Waals surface area contributed by atoms with E-state index in [9.17, 15) is 15.1 Å². The predicted octanol–water partition coefficient (Wildman–Crippen LogP) is 2.82. The number of methoxy groups -OCH3 is 1. The van der Waals surface area contributed by atoms with Crippen LogP contribution in [0, 0.1) is 0 Å².